The monoisotopic (exact) mass is 462 g/mol. The third-order valence-electron chi connectivity index (χ3n) is 6.85. The van der Waals surface area contributed by atoms with Crippen molar-refractivity contribution in [2.75, 3.05) is 13.1 Å². The lowest BCUT2D eigenvalue weighted by molar-refractivity contribution is -0.137. The SMILES string of the molecule is O=C(O)CCN(CCc1cnc(C(O)(c2ccccc2)C2CCCCC2)o1)Cc1ccccc1. The summed E-state index contributed by atoms with van der Waals surface area (Å²) in [4.78, 5) is 17.8. The van der Waals surface area contributed by atoms with Crippen molar-refractivity contribution in [1.82, 2.24) is 9.88 Å². The Hall–Kier alpha value is -2.96. The summed E-state index contributed by atoms with van der Waals surface area (Å²) in [7, 11) is 0. The third-order valence-corrected chi connectivity index (χ3v) is 6.85. The third kappa shape index (κ3) is 5.93. The summed E-state index contributed by atoms with van der Waals surface area (Å²) in [5.41, 5.74) is 0.719. The Morgan fingerprint density at radius 2 is 1.68 bits per heavy atom. The van der Waals surface area contributed by atoms with Crippen LogP contribution in [-0.4, -0.2) is 39.2 Å². The number of oxazole rings is 1. The number of carboxylic acid groups (broad SMARTS) is 1. The van der Waals surface area contributed by atoms with Crippen molar-refractivity contribution in [2.45, 2.75) is 57.1 Å². The lowest BCUT2D eigenvalue weighted by Crippen LogP contribution is -2.38. The van der Waals surface area contributed by atoms with Gasteiger partial charge in [0.15, 0.2) is 5.60 Å². The summed E-state index contributed by atoms with van der Waals surface area (Å²) in [6.45, 7) is 1.77. The van der Waals surface area contributed by atoms with Gasteiger partial charge < -0.3 is 14.6 Å². The fourth-order valence-corrected chi connectivity index (χ4v) is 4.98. The second-order valence-electron chi connectivity index (χ2n) is 9.25. The molecule has 1 atom stereocenters. The molecular weight excluding hydrogens is 428 g/mol. The first-order valence-corrected chi connectivity index (χ1v) is 12.3. The molecule has 34 heavy (non-hydrogen) atoms. The van der Waals surface area contributed by atoms with Crippen molar-refractivity contribution in [3.63, 3.8) is 0 Å². The van der Waals surface area contributed by atoms with Gasteiger partial charge in [-0.15, -0.1) is 0 Å². The molecule has 0 amide bonds. The first kappa shape index (κ1) is 24.2. The van der Waals surface area contributed by atoms with E-state index < -0.39 is 11.6 Å². The number of nitrogens with zero attached hydrogens (tertiary/aromatic N) is 2. The van der Waals surface area contributed by atoms with Crippen molar-refractivity contribution in [2.24, 2.45) is 5.92 Å². The zero-order valence-corrected chi connectivity index (χ0v) is 19.6. The van der Waals surface area contributed by atoms with E-state index in [0.29, 0.717) is 37.7 Å². The molecule has 3 aromatic rings. The Balaban J connectivity index is 1.50. The smallest absolute Gasteiger partial charge is 0.304 e. The fraction of sp³-hybridized carbons (Fsp3) is 0.429. The highest BCUT2D eigenvalue weighted by Gasteiger charge is 2.44. The molecule has 2 N–H and O–H groups in total. The van der Waals surface area contributed by atoms with Crippen LogP contribution in [0, 0.1) is 5.92 Å². The highest BCUT2D eigenvalue weighted by molar-refractivity contribution is 5.66. The molecule has 1 aliphatic carbocycles. The van der Waals surface area contributed by atoms with Gasteiger partial charge in [0.05, 0.1) is 12.6 Å². The molecule has 1 aromatic heterocycles. The van der Waals surface area contributed by atoms with Crippen LogP contribution in [0.1, 0.15) is 61.3 Å². The van der Waals surface area contributed by atoms with Crippen LogP contribution in [0.3, 0.4) is 0 Å². The first-order chi connectivity index (χ1) is 16.6. The van der Waals surface area contributed by atoms with Crippen molar-refractivity contribution < 1.29 is 19.4 Å². The molecular formula is C28H34N2O4. The molecule has 4 rings (SSSR count). The number of rotatable bonds is 11. The van der Waals surface area contributed by atoms with Gasteiger partial charge in [-0.05, 0) is 24.0 Å². The summed E-state index contributed by atoms with van der Waals surface area (Å²) in [6.07, 6.45) is 7.69. The Labute approximate surface area is 201 Å². The van der Waals surface area contributed by atoms with Crippen LogP contribution in [0.25, 0.3) is 0 Å². The normalized spacial score (nSPS) is 16.4. The van der Waals surface area contributed by atoms with Gasteiger partial charge in [0.1, 0.15) is 5.76 Å². The molecule has 1 saturated carbocycles. The summed E-state index contributed by atoms with van der Waals surface area (Å²) < 4.78 is 6.18. The van der Waals surface area contributed by atoms with Crippen molar-refractivity contribution in [3.05, 3.63) is 89.6 Å². The number of carboxylic acids is 1. The topological polar surface area (TPSA) is 86.8 Å². The molecule has 180 valence electrons. The van der Waals surface area contributed by atoms with Crippen LogP contribution in [0.2, 0.25) is 0 Å². The van der Waals surface area contributed by atoms with Crippen molar-refractivity contribution in [1.29, 1.82) is 0 Å². The average molecular weight is 463 g/mol. The minimum absolute atomic E-state index is 0.0697. The molecule has 0 bridgehead atoms. The standard InChI is InChI=1S/C28H34N2O4/c31-26(32)17-19-30(21-22-10-4-1-5-11-22)18-16-25-20-29-27(34-25)28(33,23-12-6-2-7-13-23)24-14-8-3-9-15-24/h1-2,4-7,10-13,20,24,33H,3,8-9,14-19,21H2,(H,31,32). The van der Waals surface area contributed by atoms with E-state index in [4.69, 9.17) is 9.52 Å². The van der Waals surface area contributed by atoms with Gasteiger partial charge in [-0.2, -0.15) is 0 Å². The van der Waals surface area contributed by atoms with E-state index in [1.165, 1.54) is 6.42 Å². The minimum Gasteiger partial charge on any atom is -0.481 e. The maximum absolute atomic E-state index is 12.0. The van der Waals surface area contributed by atoms with Gasteiger partial charge in [-0.3, -0.25) is 9.69 Å². The number of aliphatic carboxylic acids is 1. The van der Waals surface area contributed by atoms with Gasteiger partial charge in [0.25, 0.3) is 0 Å². The van der Waals surface area contributed by atoms with Gasteiger partial charge in [0, 0.05) is 32.0 Å². The molecule has 0 radical (unpaired) electrons. The van der Waals surface area contributed by atoms with Gasteiger partial charge >= 0.3 is 5.97 Å². The zero-order chi connectivity index (χ0) is 23.8. The van der Waals surface area contributed by atoms with Gasteiger partial charge in [0.2, 0.25) is 5.89 Å². The van der Waals surface area contributed by atoms with Crippen LogP contribution in [0.4, 0.5) is 0 Å². The maximum Gasteiger partial charge on any atom is 0.304 e. The van der Waals surface area contributed by atoms with E-state index in [9.17, 15) is 9.90 Å². The number of carbonyl (C=O) groups is 1. The van der Waals surface area contributed by atoms with E-state index >= 15 is 0 Å². The molecule has 1 aliphatic rings. The second kappa shape index (κ2) is 11.4. The molecule has 2 aromatic carbocycles. The summed E-state index contributed by atoms with van der Waals surface area (Å²) in [5, 5.41) is 21.1. The molecule has 0 aliphatic heterocycles. The fourth-order valence-electron chi connectivity index (χ4n) is 4.98. The van der Waals surface area contributed by atoms with Crippen LogP contribution < -0.4 is 0 Å². The van der Waals surface area contributed by atoms with E-state index in [2.05, 4.69) is 9.88 Å². The number of hydrogen-bond acceptors (Lipinski definition) is 5. The Kier molecular flexibility index (Phi) is 8.14. The minimum atomic E-state index is -1.24. The number of aliphatic hydroxyl groups is 1. The highest BCUT2D eigenvalue weighted by Crippen LogP contribution is 2.43. The van der Waals surface area contributed by atoms with Crippen molar-refractivity contribution >= 4 is 5.97 Å². The second-order valence-corrected chi connectivity index (χ2v) is 9.25. The summed E-state index contributed by atoms with van der Waals surface area (Å²) >= 11 is 0. The van der Waals surface area contributed by atoms with E-state index in [0.717, 1.165) is 36.8 Å². The van der Waals surface area contributed by atoms with Crippen molar-refractivity contribution in [3.8, 4) is 0 Å². The first-order valence-electron chi connectivity index (χ1n) is 12.3. The summed E-state index contributed by atoms with van der Waals surface area (Å²) in [6, 6.07) is 19.8. The van der Waals surface area contributed by atoms with Crippen LogP contribution in [0.15, 0.2) is 71.3 Å². The molecule has 6 heteroatoms. The molecule has 0 spiro atoms. The number of benzene rings is 2. The lowest BCUT2D eigenvalue weighted by atomic mass is 9.73. The Morgan fingerprint density at radius 1 is 1.00 bits per heavy atom. The zero-order valence-electron chi connectivity index (χ0n) is 19.6. The molecule has 0 saturated heterocycles. The van der Waals surface area contributed by atoms with Crippen LogP contribution >= 0.6 is 0 Å². The number of aromatic nitrogens is 1. The predicted octanol–water partition coefficient (Wildman–Crippen LogP) is 5.01. The quantitative estimate of drug-likeness (QED) is 0.417. The average Bonchev–Trinajstić information content (AvgIpc) is 3.36. The Morgan fingerprint density at radius 3 is 2.35 bits per heavy atom. The Bertz CT molecular complexity index is 1030. The molecule has 6 nitrogen and oxygen atoms in total. The highest BCUT2D eigenvalue weighted by atomic mass is 16.4. The predicted molar refractivity (Wildman–Crippen MR) is 130 cm³/mol. The van der Waals surface area contributed by atoms with E-state index in [-0.39, 0.29) is 12.3 Å². The largest absolute Gasteiger partial charge is 0.481 e. The van der Waals surface area contributed by atoms with E-state index in [1.54, 1.807) is 6.20 Å². The molecule has 1 heterocycles. The molecule has 1 fully saturated rings. The lowest BCUT2D eigenvalue weighted by Gasteiger charge is -2.36. The van der Waals surface area contributed by atoms with Crippen LogP contribution in [-0.2, 0) is 23.4 Å². The van der Waals surface area contributed by atoms with E-state index in [1.807, 2.05) is 60.7 Å². The number of hydrogen-bond donors (Lipinski definition) is 2. The van der Waals surface area contributed by atoms with Crippen LogP contribution in [0.5, 0.6) is 0 Å². The van der Waals surface area contributed by atoms with Gasteiger partial charge in [-0.1, -0.05) is 79.9 Å². The maximum atomic E-state index is 12.0. The summed E-state index contributed by atoms with van der Waals surface area (Å²) in [5.74, 6) is 0.329. The molecule has 1 unspecified atom stereocenters. The van der Waals surface area contributed by atoms with Gasteiger partial charge in [-0.25, -0.2) is 4.98 Å².